The fourth-order valence-corrected chi connectivity index (χ4v) is 1.82. The second kappa shape index (κ2) is 5.34. The fourth-order valence-electron chi connectivity index (χ4n) is 1.82. The van der Waals surface area contributed by atoms with Crippen molar-refractivity contribution >= 4 is 11.4 Å². The lowest BCUT2D eigenvalue weighted by Crippen LogP contribution is -2.22. The molecule has 0 saturated heterocycles. The molecule has 0 aliphatic heterocycles. The zero-order valence-electron chi connectivity index (χ0n) is 10.0. The van der Waals surface area contributed by atoms with Crippen molar-refractivity contribution in [1.82, 2.24) is 4.98 Å². The number of anilines is 2. The van der Waals surface area contributed by atoms with Crippen molar-refractivity contribution in [3.05, 3.63) is 54.4 Å². The fraction of sp³-hybridized carbons (Fsp3) is 0.214. The zero-order chi connectivity index (χ0) is 12.1. The number of rotatable bonds is 4. The molecule has 1 aromatic carbocycles. The summed E-state index contributed by atoms with van der Waals surface area (Å²) in [7, 11) is 0. The van der Waals surface area contributed by atoms with Gasteiger partial charge < -0.3 is 10.6 Å². The summed E-state index contributed by atoms with van der Waals surface area (Å²) < 4.78 is 0. The van der Waals surface area contributed by atoms with Gasteiger partial charge in [0.05, 0.1) is 0 Å². The lowest BCUT2D eigenvalue weighted by molar-refractivity contribution is 0.828. The Bertz CT molecular complexity index is 468. The summed E-state index contributed by atoms with van der Waals surface area (Å²) in [5, 5.41) is 0. The molecule has 3 heteroatoms. The van der Waals surface area contributed by atoms with Crippen molar-refractivity contribution in [2.75, 3.05) is 17.2 Å². The first kappa shape index (κ1) is 11.5. The molecule has 0 spiro atoms. The van der Waals surface area contributed by atoms with E-state index >= 15 is 0 Å². The summed E-state index contributed by atoms with van der Waals surface area (Å²) in [6.07, 6.45) is 3.69. The van der Waals surface area contributed by atoms with Crippen LogP contribution in [0.1, 0.15) is 12.5 Å². The third kappa shape index (κ3) is 2.97. The van der Waals surface area contributed by atoms with E-state index in [0.717, 1.165) is 24.5 Å². The van der Waals surface area contributed by atoms with E-state index in [-0.39, 0.29) is 0 Å². The molecule has 3 nitrogen and oxygen atoms in total. The molecule has 0 fully saturated rings. The highest BCUT2D eigenvalue weighted by atomic mass is 15.1. The van der Waals surface area contributed by atoms with Crippen LogP contribution >= 0.6 is 0 Å². The Morgan fingerprint density at radius 1 is 1.24 bits per heavy atom. The summed E-state index contributed by atoms with van der Waals surface area (Å²) >= 11 is 0. The Morgan fingerprint density at radius 2 is 2.12 bits per heavy atom. The predicted molar refractivity (Wildman–Crippen MR) is 71.8 cm³/mol. The molecule has 2 N–H and O–H groups in total. The average Bonchev–Trinajstić information content (AvgIpc) is 2.37. The van der Waals surface area contributed by atoms with Gasteiger partial charge in [0, 0.05) is 36.9 Å². The first-order valence-corrected chi connectivity index (χ1v) is 5.79. The minimum absolute atomic E-state index is 0.798. The van der Waals surface area contributed by atoms with Crippen molar-refractivity contribution in [2.24, 2.45) is 0 Å². The molecule has 0 aliphatic rings. The van der Waals surface area contributed by atoms with Crippen molar-refractivity contribution in [3.8, 4) is 0 Å². The monoisotopic (exact) mass is 227 g/mol. The number of hydrogen-bond donors (Lipinski definition) is 1. The van der Waals surface area contributed by atoms with Gasteiger partial charge in [-0.15, -0.1) is 0 Å². The number of benzene rings is 1. The van der Waals surface area contributed by atoms with E-state index < -0.39 is 0 Å². The van der Waals surface area contributed by atoms with Crippen LogP contribution < -0.4 is 10.6 Å². The number of nitrogens with two attached hydrogens (primary N) is 1. The van der Waals surface area contributed by atoms with E-state index in [1.807, 2.05) is 30.5 Å². The number of nitrogen functional groups attached to an aromatic ring is 1. The smallest absolute Gasteiger partial charge is 0.0444 e. The van der Waals surface area contributed by atoms with Gasteiger partial charge in [-0.05, 0) is 36.8 Å². The highest BCUT2D eigenvalue weighted by Crippen LogP contribution is 2.19. The van der Waals surface area contributed by atoms with Crippen LogP contribution in [-0.4, -0.2) is 11.5 Å². The molecule has 88 valence electrons. The van der Waals surface area contributed by atoms with Crippen molar-refractivity contribution in [1.29, 1.82) is 0 Å². The molecular weight excluding hydrogens is 210 g/mol. The van der Waals surface area contributed by atoms with Crippen LogP contribution in [0.3, 0.4) is 0 Å². The Kier molecular flexibility index (Phi) is 3.60. The molecule has 0 unspecified atom stereocenters. The standard InChI is InChI=1S/C14H17N3/c1-2-17(11-12-5-4-8-16-10-12)14-7-3-6-13(15)9-14/h3-10H,2,11,15H2,1H3. The lowest BCUT2D eigenvalue weighted by Gasteiger charge is -2.23. The molecule has 0 amide bonds. The van der Waals surface area contributed by atoms with Gasteiger partial charge in [0.1, 0.15) is 0 Å². The van der Waals surface area contributed by atoms with Crippen molar-refractivity contribution < 1.29 is 0 Å². The van der Waals surface area contributed by atoms with E-state index in [1.165, 1.54) is 5.56 Å². The molecule has 0 radical (unpaired) electrons. The van der Waals surface area contributed by atoms with Gasteiger partial charge in [-0.1, -0.05) is 12.1 Å². The highest BCUT2D eigenvalue weighted by molar-refractivity contribution is 5.56. The first-order chi connectivity index (χ1) is 8.29. The zero-order valence-corrected chi connectivity index (χ0v) is 10.0. The van der Waals surface area contributed by atoms with Gasteiger partial charge in [0.2, 0.25) is 0 Å². The van der Waals surface area contributed by atoms with E-state index in [0.29, 0.717) is 0 Å². The Hall–Kier alpha value is -2.03. The second-order valence-electron chi connectivity index (χ2n) is 3.97. The number of nitrogens with zero attached hydrogens (tertiary/aromatic N) is 2. The summed E-state index contributed by atoms with van der Waals surface area (Å²) in [5.41, 5.74) is 8.96. The highest BCUT2D eigenvalue weighted by Gasteiger charge is 2.05. The Balaban J connectivity index is 2.17. The summed E-state index contributed by atoms with van der Waals surface area (Å²) in [6, 6.07) is 12.0. The molecule has 17 heavy (non-hydrogen) atoms. The topological polar surface area (TPSA) is 42.2 Å². The minimum atomic E-state index is 0.798. The van der Waals surface area contributed by atoms with Gasteiger partial charge >= 0.3 is 0 Å². The van der Waals surface area contributed by atoms with Crippen LogP contribution in [0.25, 0.3) is 0 Å². The molecule has 0 aliphatic carbocycles. The average molecular weight is 227 g/mol. The molecule has 0 atom stereocenters. The Labute approximate surface area is 102 Å². The van der Waals surface area contributed by atoms with Gasteiger partial charge in [-0.2, -0.15) is 0 Å². The second-order valence-corrected chi connectivity index (χ2v) is 3.97. The van der Waals surface area contributed by atoms with Crippen LogP contribution in [0.5, 0.6) is 0 Å². The van der Waals surface area contributed by atoms with Crippen LogP contribution in [0.2, 0.25) is 0 Å². The van der Waals surface area contributed by atoms with Crippen LogP contribution in [0, 0.1) is 0 Å². The minimum Gasteiger partial charge on any atom is -0.399 e. The molecule has 2 rings (SSSR count). The van der Waals surface area contributed by atoms with Crippen LogP contribution in [0.15, 0.2) is 48.8 Å². The quantitative estimate of drug-likeness (QED) is 0.816. The largest absolute Gasteiger partial charge is 0.399 e. The van der Waals surface area contributed by atoms with Crippen molar-refractivity contribution in [2.45, 2.75) is 13.5 Å². The number of aromatic nitrogens is 1. The third-order valence-electron chi connectivity index (χ3n) is 2.71. The molecule has 1 aromatic heterocycles. The van der Waals surface area contributed by atoms with E-state index in [4.69, 9.17) is 5.73 Å². The first-order valence-electron chi connectivity index (χ1n) is 5.79. The summed E-state index contributed by atoms with van der Waals surface area (Å²) in [5.74, 6) is 0. The Morgan fingerprint density at radius 3 is 2.76 bits per heavy atom. The van der Waals surface area contributed by atoms with E-state index in [9.17, 15) is 0 Å². The maximum atomic E-state index is 5.81. The SMILES string of the molecule is CCN(Cc1cccnc1)c1cccc(N)c1. The van der Waals surface area contributed by atoms with Crippen LogP contribution in [-0.2, 0) is 6.54 Å². The summed E-state index contributed by atoms with van der Waals surface area (Å²) in [4.78, 5) is 6.40. The lowest BCUT2D eigenvalue weighted by atomic mass is 10.2. The molecule has 0 bridgehead atoms. The third-order valence-corrected chi connectivity index (χ3v) is 2.71. The predicted octanol–water partition coefficient (Wildman–Crippen LogP) is 2.69. The molecule has 0 saturated carbocycles. The normalized spacial score (nSPS) is 10.2. The maximum absolute atomic E-state index is 5.81. The molecular formula is C14H17N3. The maximum Gasteiger partial charge on any atom is 0.0444 e. The number of pyridine rings is 1. The molecule has 1 heterocycles. The van der Waals surface area contributed by atoms with E-state index in [1.54, 1.807) is 6.20 Å². The molecule has 2 aromatic rings. The van der Waals surface area contributed by atoms with E-state index in [2.05, 4.69) is 28.9 Å². The van der Waals surface area contributed by atoms with Crippen LogP contribution in [0.4, 0.5) is 11.4 Å². The van der Waals surface area contributed by atoms with Gasteiger partial charge in [0.15, 0.2) is 0 Å². The summed E-state index contributed by atoms with van der Waals surface area (Å²) in [6.45, 7) is 3.94. The van der Waals surface area contributed by atoms with Gasteiger partial charge in [-0.25, -0.2) is 0 Å². The number of hydrogen-bond acceptors (Lipinski definition) is 3. The van der Waals surface area contributed by atoms with Crippen molar-refractivity contribution in [3.63, 3.8) is 0 Å². The van der Waals surface area contributed by atoms with Gasteiger partial charge in [-0.3, -0.25) is 4.98 Å². The van der Waals surface area contributed by atoms with Gasteiger partial charge in [0.25, 0.3) is 0 Å².